The molecule has 0 aliphatic heterocycles. The fraction of sp³-hybridized carbons (Fsp3) is 0. The molecular weight excluding hydrogens is 163 g/mol. The molecule has 1 aromatic rings. The topological polar surface area (TPSA) is 43.4 Å². The molecule has 3 nitrogen and oxygen atoms in total. The summed E-state index contributed by atoms with van der Waals surface area (Å²) >= 11 is 0. The molecule has 0 aliphatic rings. The van der Waals surface area contributed by atoms with Gasteiger partial charge in [0.25, 0.3) is 0 Å². The summed E-state index contributed by atoms with van der Waals surface area (Å²) in [7, 11) is -2.19. The summed E-state index contributed by atoms with van der Waals surface area (Å²) in [4.78, 5) is 9.90. The Morgan fingerprint density at radius 3 is 2.45 bits per heavy atom. The van der Waals surface area contributed by atoms with Crippen molar-refractivity contribution in [2.75, 3.05) is 0 Å². The van der Waals surface area contributed by atoms with Gasteiger partial charge in [-0.3, -0.25) is 0 Å². The highest BCUT2D eigenvalue weighted by Crippen LogP contribution is 2.22. The molecule has 0 N–H and O–H groups in total. The highest BCUT2D eigenvalue weighted by Gasteiger charge is 2.15. The molecule has 0 amide bonds. The van der Waals surface area contributed by atoms with Crippen molar-refractivity contribution >= 4 is 14.1 Å². The third-order valence-electron chi connectivity index (χ3n) is 1.02. The van der Waals surface area contributed by atoms with Crippen LogP contribution in [0.1, 0.15) is 0 Å². The molecule has 56 valence electrons. The van der Waals surface area contributed by atoms with Crippen molar-refractivity contribution in [3.8, 4) is 5.75 Å². The van der Waals surface area contributed by atoms with E-state index in [9.17, 15) is 9.36 Å². The molecule has 0 bridgehead atoms. The smallest absolute Gasteiger partial charge is 0.248 e. The first-order valence-electron chi connectivity index (χ1n) is 2.97. The average molecular weight is 169 g/mol. The van der Waals surface area contributed by atoms with Gasteiger partial charge in [-0.25, -0.2) is 9.32 Å². The van der Waals surface area contributed by atoms with E-state index in [1.807, 2.05) is 0 Å². The molecule has 0 saturated carbocycles. The number of rotatable bonds is 3. The molecule has 4 heteroatoms. The molecule has 0 aromatic heterocycles. The average Bonchev–Trinajstić information content (AvgIpc) is 2.06. The fourth-order valence-corrected chi connectivity index (χ4v) is 0.979. The molecule has 0 radical (unpaired) electrons. The Morgan fingerprint density at radius 2 is 1.91 bits per heavy atom. The van der Waals surface area contributed by atoms with E-state index < -0.39 is 8.03 Å². The lowest BCUT2D eigenvalue weighted by atomic mass is 10.3. The van der Waals surface area contributed by atoms with Crippen LogP contribution < -0.4 is 4.52 Å². The first kappa shape index (κ1) is 7.89. The summed E-state index contributed by atoms with van der Waals surface area (Å²) in [6.07, 6.45) is 0. The zero-order valence-corrected chi connectivity index (χ0v) is 6.53. The van der Waals surface area contributed by atoms with Crippen molar-refractivity contribution in [2.45, 2.75) is 0 Å². The minimum atomic E-state index is -2.19. The van der Waals surface area contributed by atoms with Crippen molar-refractivity contribution in [1.29, 1.82) is 0 Å². The second-order valence-corrected chi connectivity index (χ2v) is 2.76. The number of para-hydroxylation sites is 1. The van der Waals surface area contributed by atoms with Crippen LogP contribution in [0.15, 0.2) is 30.3 Å². The predicted molar refractivity (Wildman–Crippen MR) is 41.4 cm³/mol. The lowest BCUT2D eigenvalue weighted by Crippen LogP contribution is -1.79. The maximum absolute atomic E-state index is 10.5. The molecule has 1 aromatic carbocycles. The minimum Gasteiger partial charge on any atom is -0.248 e. The zero-order valence-electron chi connectivity index (χ0n) is 5.64. The highest BCUT2D eigenvalue weighted by atomic mass is 31.1. The lowest BCUT2D eigenvalue weighted by molar-refractivity contribution is 0.505. The van der Waals surface area contributed by atoms with Crippen LogP contribution in [0.5, 0.6) is 5.75 Å². The lowest BCUT2D eigenvalue weighted by Gasteiger charge is -1.86. The highest BCUT2D eigenvalue weighted by molar-refractivity contribution is 7.56. The third-order valence-corrected chi connectivity index (χ3v) is 1.59. The Morgan fingerprint density at radius 1 is 1.27 bits per heavy atom. The van der Waals surface area contributed by atoms with Crippen LogP contribution >= 0.6 is 8.03 Å². The number of hydrogen-bond donors (Lipinski definition) is 0. The minimum absolute atomic E-state index is 0.280. The summed E-state index contributed by atoms with van der Waals surface area (Å²) in [5, 5.41) is 0. The van der Waals surface area contributed by atoms with E-state index in [0.717, 1.165) is 0 Å². The number of carbonyl (C=O) groups excluding carboxylic acids is 1. The molecule has 11 heavy (non-hydrogen) atoms. The van der Waals surface area contributed by atoms with E-state index in [2.05, 4.69) is 0 Å². The summed E-state index contributed by atoms with van der Waals surface area (Å²) in [5.74, 6) is 0.445. The van der Waals surface area contributed by atoms with Crippen LogP contribution in [0, 0.1) is 0 Å². The van der Waals surface area contributed by atoms with Gasteiger partial charge in [0.05, 0.1) is 0 Å². The van der Waals surface area contributed by atoms with Crippen molar-refractivity contribution in [3.63, 3.8) is 0 Å². The van der Waals surface area contributed by atoms with Gasteiger partial charge in [0.2, 0.25) is 0 Å². The van der Waals surface area contributed by atoms with Gasteiger partial charge in [0.15, 0.2) is 5.75 Å². The molecule has 1 rings (SSSR count). The SMILES string of the molecule is O=C[P+](=O)Oc1ccccc1. The van der Waals surface area contributed by atoms with Crippen molar-refractivity contribution in [2.24, 2.45) is 0 Å². The van der Waals surface area contributed by atoms with Crippen LogP contribution in [0.2, 0.25) is 0 Å². The van der Waals surface area contributed by atoms with Crippen LogP contribution in [0.4, 0.5) is 0 Å². The number of hydrogen-bond acceptors (Lipinski definition) is 3. The molecule has 0 fully saturated rings. The first-order chi connectivity index (χ1) is 5.33. The van der Waals surface area contributed by atoms with Crippen molar-refractivity contribution in [3.05, 3.63) is 30.3 Å². The zero-order chi connectivity index (χ0) is 8.10. The second kappa shape index (κ2) is 3.84. The Kier molecular flexibility index (Phi) is 2.75. The second-order valence-electron chi connectivity index (χ2n) is 1.80. The van der Waals surface area contributed by atoms with Gasteiger partial charge in [-0.1, -0.05) is 18.2 Å². The monoisotopic (exact) mass is 169 g/mol. The van der Waals surface area contributed by atoms with Gasteiger partial charge in [-0.05, 0) is 16.7 Å². The van der Waals surface area contributed by atoms with E-state index in [0.29, 0.717) is 5.75 Å². The van der Waals surface area contributed by atoms with Crippen LogP contribution in [-0.2, 0) is 9.36 Å². The molecule has 0 heterocycles. The Balaban J connectivity index is 2.65. The first-order valence-corrected chi connectivity index (χ1v) is 4.22. The fourth-order valence-electron chi connectivity index (χ4n) is 0.607. The predicted octanol–water partition coefficient (Wildman–Crippen LogP) is 2.00. The third kappa shape index (κ3) is 2.48. The van der Waals surface area contributed by atoms with Gasteiger partial charge in [-0.2, -0.15) is 0 Å². The maximum atomic E-state index is 10.5. The molecule has 0 aliphatic carbocycles. The van der Waals surface area contributed by atoms with Crippen LogP contribution in [0.25, 0.3) is 0 Å². The number of benzene rings is 1. The quantitative estimate of drug-likeness (QED) is 0.513. The van der Waals surface area contributed by atoms with Gasteiger partial charge >= 0.3 is 14.1 Å². The molecular formula is C7H6O3P+. The molecule has 1 unspecified atom stereocenters. The Hall–Kier alpha value is -1.21. The number of carbonyl (C=O) groups is 1. The van der Waals surface area contributed by atoms with Crippen molar-refractivity contribution < 1.29 is 13.9 Å². The van der Waals surface area contributed by atoms with Crippen molar-refractivity contribution in [1.82, 2.24) is 0 Å². The van der Waals surface area contributed by atoms with Gasteiger partial charge in [0.1, 0.15) is 0 Å². The summed E-state index contributed by atoms with van der Waals surface area (Å²) in [6, 6.07) is 8.84. The van der Waals surface area contributed by atoms with Crippen LogP contribution in [-0.4, -0.2) is 6.03 Å². The summed E-state index contributed by atoms with van der Waals surface area (Å²) in [5.41, 5.74) is 0. The largest absolute Gasteiger partial charge is 0.632 e. The van der Waals surface area contributed by atoms with Gasteiger partial charge in [-0.15, -0.1) is 0 Å². The van der Waals surface area contributed by atoms with Crippen LogP contribution in [0.3, 0.4) is 0 Å². The van der Waals surface area contributed by atoms with Gasteiger partial charge in [0, 0.05) is 0 Å². The van der Waals surface area contributed by atoms with E-state index in [4.69, 9.17) is 4.52 Å². The normalized spacial score (nSPS) is 10.4. The molecule has 1 atom stereocenters. The van der Waals surface area contributed by atoms with E-state index >= 15 is 0 Å². The van der Waals surface area contributed by atoms with E-state index in [1.54, 1.807) is 30.3 Å². The molecule has 0 saturated heterocycles. The van der Waals surface area contributed by atoms with E-state index in [-0.39, 0.29) is 6.03 Å². The summed E-state index contributed by atoms with van der Waals surface area (Å²) < 4.78 is 15.2. The standard InChI is InChI=1S/C7H6O3P/c8-6-11(9)10-7-4-2-1-3-5-7/h1-6H/q+1. The Bertz CT molecular complexity index is 258. The van der Waals surface area contributed by atoms with Gasteiger partial charge < -0.3 is 0 Å². The maximum Gasteiger partial charge on any atom is 0.632 e. The Labute approximate surface area is 64.9 Å². The summed E-state index contributed by atoms with van der Waals surface area (Å²) in [6.45, 7) is 0. The van der Waals surface area contributed by atoms with E-state index in [1.165, 1.54) is 0 Å². The molecule has 0 spiro atoms.